The molecule has 0 fully saturated rings. The van der Waals surface area contributed by atoms with E-state index in [9.17, 15) is 0 Å². The van der Waals surface area contributed by atoms with Crippen LogP contribution >= 0.6 is 0 Å². The van der Waals surface area contributed by atoms with E-state index in [0.29, 0.717) is 17.7 Å². The monoisotopic (exact) mass is 228 g/mol. The van der Waals surface area contributed by atoms with Crippen molar-refractivity contribution in [2.45, 2.75) is 6.42 Å². The summed E-state index contributed by atoms with van der Waals surface area (Å²) in [6, 6.07) is 9.55. The molecule has 2 aromatic rings. The normalized spacial score (nSPS) is 10.1. The summed E-state index contributed by atoms with van der Waals surface area (Å²) in [5.41, 5.74) is 8.38. The van der Waals surface area contributed by atoms with Gasteiger partial charge in [0, 0.05) is 12.2 Å². The molecule has 0 aliphatic carbocycles. The van der Waals surface area contributed by atoms with Gasteiger partial charge in [0.15, 0.2) is 0 Å². The van der Waals surface area contributed by atoms with Crippen molar-refractivity contribution in [3.05, 3.63) is 35.4 Å². The SMILES string of the molecule is N#Cc1c(-c2ccc(CCO)cc2)n[nH]c1N. The van der Waals surface area contributed by atoms with Crippen LogP contribution < -0.4 is 5.73 Å². The number of hydrogen-bond donors (Lipinski definition) is 3. The average molecular weight is 228 g/mol. The minimum absolute atomic E-state index is 0.123. The van der Waals surface area contributed by atoms with Crippen molar-refractivity contribution in [1.29, 1.82) is 5.26 Å². The highest BCUT2D eigenvalue weighted by molar-refractivity contribution is 5.72. The van der Waals surface area contributed by atoms with Crippen LogP contribution in [-0.4, -0.2) is 21.9 Å². The Kier molecular flexibility index (Phi) is 3.08. The number of H-pyrrole nitrogens is 1. The number of anilines is 1. The minimum Gasteiger partial charge on any atom is -0.396 e. The third-order valence-electron chi connectivity index (χ3n) is 2.53. The number of nitrogens with zero attached hydrogens (tertiary/aromatic N) is 2. The molecule has 0 aliphatic rings. The van der Waals surface area contributed by atoms with Gasteiger partial charge in [-0.3, -0.25) is 5.10 Å². The van der Waals surface area contributed by atoms with E-state index in [-0.39, 0.29) is 12.4 Å². The molecule has 4 N–H and O–H groups in total. The Morgan fingerprint density at radius 2 is 2.06 bits per heavy atom. The maximum atomic E-state index is 8.97. The van der Waals surface area contributed by atoms with Gasteiger partial charge in [-0.05, 0) is 12.0 Å². The lowest BCUT2D eigenvalue weighted by molar-refractivity contribution is 0.299. The van der Waals surface area contributed by atoms with E-state index in [0.717, 1.165) is 11.1 Å². The summed E-state index contributed by atoms with van der Waals surface area (Å²) in [4.78, 5) is 0. The predicted octanol–water partition coefficient (Wildman–Crippen LogP) is 1.07. The number of nitrogens with two attached hydrogens (primary N) is 1. The largest absolute Gasteiger partial charge is 0.396 e. The Morgan fingerprint density at radius 3 is 2.65 bits per heavy atom. The van der Waals surface area contributed by atoms with E-state index in [2.05, 4.69) is 10.2 Å². The van der Waals surface area contributed by atoms with E-state index >= 15 is 0 Å². The third-order valence-corrected chi connectivity index (χ3v) is 2.53. The second-order valence-corrected chi connectivity index (χ2v) is 3.64. The van der Waals surface area contributed by atoms with E-state index < -0.39 is 0 Å². The first-order valence-electron chi connectivity index (χ1n) is 5.20. The fourth-order valence-electron chi connectivity index (χ4n) is 1.64. The molecule has 1 aromatic heterocycles. The van der Waals surface area contributed by atoms with E-state index in [1.807, 2.05) is 30.3 Å². The summed E-state index contributed by atoms with van der Waals surface area (Å²) in [6.07, 6.45) is 0.619. The van der Waals surface area contributed by atoms with E-state index in [4.69, 9.17) is 16.1 Å². The molecule has 0 saturated heterocycles. The molecule has 0 bridgehead atoms. The smallest absolute Gasteiger partial charge is 0.137 e. The zero-order valence-corrected chi connectivity index (χ0v) is 9.14. The van der Waals surface area contributed by atoms with Crippen LogP contribution in [-0.2, 0) is 6.42 Å². The summed E-state index contributed by atoms with van der Waals surface area (Å²) in [5.74, 6) is 0.280. The number of aliphatic hydroxyl groups excluding tert-OH is 1. The average Bonchev–Trinajstić information content (AvgIpc) is 2.72. The number of aliphatic hydroxyl groups is 1. The number of nitrogens with one attached hydrogen (secondary N) is 1. The van der Waals surface area contributed by atoms with Crippen LogP contribution in [0.25, 0.3) is 11.3 Å². The number of benzene rings is 1. The summed E-state index contributed by atoms with van der Waals surface area (Å²) >= 11 is 0. The first-order chi connectivity index (χ1) is 8.26. The van der Waals surface area contributed by atoms with Gasteiger partial charge in [-0.25, -0.2) is 0 Å². The molecule has 86 valence electrons. The quantitative estimate of drug-likeness (QED) is 0.731. The first-order valence-corrected chi connectivity index (χ1v) is 5.20. The third kappa shape index (κ3) is 2.12. The molecule has 0 spiro atoms. The van der Waals surface area contributed by atoms with Crippen LogP contribution in [0.3, 0.4) is 0 Å². The second-order valence-electron chi connectivity index (χ2n) is 3.64. The summed E-state index contributed by atoms with van der Waals surface area (Å²) in [7, 11) is 0. The van der Waals surface area contributed by atoms with Crippen LogP contribution in [0.1, 0.15) is 11.1 Å². The van der Waals surface area contributed by atoms with Crippen molar-refractivity contribution in [3.63, 3.8) is 0 Å². The minimum atomic E-state index is 0.123. The van der Waals surface area contributed by atoms with E-state index in [1.54, 1.807) is 0 Å². The van der Waals surface area contributed by atoms with Gasteiger partial charge in [0.1, 0.15) is 23.1 Å². The van der Waals surface area contributed by atoms with Crippen LogP contribution in [0.2, 0.25) is 0 Å². The lowest BCUT2D eigenvalue weighted by Crippen LogP contribution is -1.91. The fourth-order valence-corrected chi connectivity index (χ4v) is 1.64. The van der Waals surface area contributed by atoms with Gasteiger partial charge in [-0.1, -0.05) is 24.3 Å². The number of aromatic amines is 1. The molecule has 5 nitrogen and oxygen atoms in total. The van der Waals surface area contributed by atoms with Crippen LogP contribution in [0, 0.1) is 11.3 Å². The Labute approximate surface area is 98.5 Å². The maximum Gasteiger partial charge on any atom is 0.137 e. The molecule has 0 unspecified atom stereocenters. The van der Waals surface area contributed by atoms with Gasteiger partial charge >= 0.3 is 0 Å². The molecule has 0 aliphatic heterocycles. The summed E-state index contributed by atoms with van der Waals surface area (Å²) < 4.78 is 0. The van der Waals surface area contributed by atoms with E-state index in [1.165, 1.54) is 0 Å². The molecule has 0 saturated carbocycles. The van der Waals surface area contributed by atoms with Crippen molar-refractivity contribution in [2.75, 3.05) is 12.3 Å². The van der Waals surface area contributed by atoms with Gasteiger partial charge in [-0.2, -0.15) is 10.4 Å². The molecule has 1 aromatic carbocycles. The zero-order valence-electron chi connectivity index (χ0n) is 9.14. The van der Waals surface area contributed by atoms with Crippen LogP contribution in [0.15, 0.2) is 24.3 Å². The second kappa shape index (κ2) is 4.68. The Morgan fingerprint density at radius 1 is 1.35 bits per heavy atom. The van der Waals surface area contributed by atoms with Crippen molar-refractivity contribution in [1.82, 2.24) is 10.2 Å². The Hall–Kier alpha value is -2.32. The standard InChI is InChI=1S/C12H12N4O/c13-7-10-11(15-16-12(10)14)9-3-1-8(2-4-9)5-6-17/h1-4,17H,5-6H2,(H3,14,15,16). The van der Waals surface area contributed by atoms with Crippen molar-refractivity contribution in [3.8, 4) is 17.3 Å². The fraction of sp³-hybridized carbons (Fsp3) is 0.167. The van der Waals surface area contributed by atoms with Crippen molar-refractivity contribution < 1.29 is 5.11 Å². The number of hydrogen-bond acceptors (Lipinski definition) is 4. The topological polar surface area (TPSA) is 98.7 Å². The molecule has 17 heavy (non-hydrogen) atoms. The Bertz CT molecular complexity index is 551. The molecule has 1 heterocycles. The molecular formula is C12H12N4O. The molecule has 5 heteroatoms. The highest BCUT2D eigenvalue weighted by Crippen LogP contribution is 2.24. The number of aromatic nitrogens is 2. The van der Waals surface area contributed by atoms with Crippen molar-refractivity contribution in [2.24, 2.45) is 0 Å². The highest BCUT2D eigenvalue weighted by atomic mass is 16.2. The summed E-state index contributed by atoms with van der Waals surface area (Å²) in [5, 5.41) is 24.4. The van der Waals surface area contributed by atoms with Crippen LogP contribution in [0.4, 0.5) is 5.82 Å². The van der Waals surface area contributed by atoms with Crippen LogP contribution in [0.5, 0.6) is 0 Å². The molecular weight excluding hydrogens is 216 g/mol. The number of nitrogen functional groups attached to an aromatic ring is 1. The highest BCUT2D eigenvalue weighted by Gasteiger charge is 2.12. The molecule has 2 rings (SSSR count). The van der Waals surface area contributed by atoms with Gasteiger partial charge in [0.05, 0.1) is 0 Å². The Balaban J connectivity index is 2.37. The predicted molar refractivity (Wildman–Crippen MR) is 63.9 cm³/mol. The maximum absolute atomic E-state index is 8.97. The molecule has 0 radical (unpaired) electrons. The zero-order chi connectivity index (χ0) is 12.3. The summed E-state index contributed by atoms with van der Waals surface area (Å²) in [6.45, 7) is 0.123. The van der Waals surface area contributed by atoms with Gasteiger partial charge in [0.25, 0.3) is 0 Å². The number of rotatable bonds is 3. The number of nitriles is 1. The first kappa shape index (κ1) is 11.2. The van der Waals surface area contributed by atoms with Gasteiger partial charge in [-0.15, -0.1) is 0 Å². The molecule has 0 amide bonds. The van der Waals surface area contributed by atoms with Gasteiger partial charge < -0.3 is 10.8 Å². The van der Waals surface area contributed by atoms with Crippen molar-refractivity contribution >= 4 is 5.82 Å². The van der Waals surface area contributed by atoms with Gasteiger partial charge in [0.2, 0.25) is 0 Å². The lowest BCUT2D eigenvalue weighted by atomic mass is 10.0. The lowest BCUT2D eigenvalue weighted by Gasteiger charge is -2.00. The molecule has 0 atom stereocenters.